The standard InChI is InChI=1S/C13H15NO4S/c15-12-10-7-1-2-8(5-7)11(10)13(16)14(12)9-3-4-19(17,18)6-9/h1-2,7-11H,3-6H2/t7-,8-,9-,10-,11+/m0/s1. The van der Waals surface area contributed by atoms with Crippen molar-refractivity contribution in [3.05, 3.63) is 12.2 Å². The molecule has 0 spiro atoms. The summed E-state index contributed by atoms with van der Waals surface area (Å²) in [5, 5.41) is 0. The van der Waals surface area contributed by atoms with Crippen molar-refractivity contribution in [3.63, 3.8) is 0 Å². The van der Waals surface area contributed by atoms with Gasteiger partial charge in [0.1, 0.15) is 0 Å². The molecule has 0 radical (unpaired) electrons. The molecule has 19 heavy (non-hydrogen) atoms. The van der Waals surface area contributed by atoms with Crippen LogP contribution in [0.2, 0.25) is 0 Å². The van der Waals surface area contributed by atoms with E-state index in [2.05, 4.69) is 0 Å². The number of amides is 2. The van der Waals surface area contributed by atoms with Crippen LogP contribution in [0.15, 0.2) is 12.2 Å². The Labute approximate surface area is 111 Å². The predicted octanol–water partition coefficient (Wildman–Crippen LogP) is -0.0194. The van der Waals surface area contributed by atoms with Crippen LogP contribution < -0.4 is 0 Å². The largest absolute Gasteiger partial charge is 0.278 e. The van der Waals surface area contributed by atoms with Crippen LogP contribution in [0.5, 0.6) is 0 Å². The molecule has 2 saturated heterocycles. The highest BCUT2D eigenvalue weighted by atomic mass is 32.2. The van der Waals surface area contributed by atoms with Crippen LogP contribution in [-0.2, 0) is 19.4 Å². The van der Waals surface area contributed by atoms with Crippen LogP contribution in [0.1, 0.15) is 12.8 Å². The number of hydrogen-bond acceptors (Lipinski definition) is 4. The maximum absolute atomic E-state index is 12.5. The first kappa shape index (κ1) is 11.6. The van der Waals surface area contributed by atoms with E-state index in [0.29, 0.717) is 6.42 Å². The summed E-state index contributed by atoms with van der Waals surface area (Å²) >= 11 is 0. The second kappa shape index (κ2) is 3.48. The minimum Gasteiger partial charge on any atom is -0.278 e. The molecule has 2 amide bonds. The van der Waals surface area contributed by atoms with Crippen molar-refractivity contribution in [2.24, 2.45) is 23.7 Å². The zero-order valence-electron chi connectivity index (χ0n) is 10.4. The number of sulfone groups is 1. The minimum absolute atomic E-state index is 0.0489. The highest BCUT2D eigenvalue weighted by Gasteiger charge is 2.60. The molecule has 1 saturated carbocycles. The topological polar surface area (TPSA) is 71.5 Å². The number of imide groups is 1. The van der Waals surface area contributed by atoms with E-state index in [1.54, 1.807) is 0 Å². The average Bonchev–Trinajstić information content (AvgIpc) is 3.04. The van der Waals surface area contributed by atoms with Gasteiger partial charge < -0.3 is 0 Å². The highest BCUT2D eigenvalue weighted by Crippen LogP contribution is 2.53. The van der Waals surface area contributed by atoms with Gasteiger partial charge in [0.25, 0.3) is 0 Å². The van der Waals surface area contributed by atoms with E-state index in [4.69, 9.17) is 0 Å². The smallest absolute Gasteiger partial charge is 0.234 e. The number of hydrogen-bond donors (Lipinski definition) is 0. The molecule has 102 valence electrons. The molecule has 0 aromatic heterocycles. The predicted molar refractivity (Wildman–Crippen MR) is 66.6 cm³/mol. The van der Waals surface area contributed by atoms with Gasteiger partial charge in [-0.1, -0.05) is 12.2 Å². The third-order valence-electron chi connectivity index (χ3n) is 5.08. The summed E-state index contributed by atoms with van der Waals surface area (Å²) in [4.78, 5) is 26.2. The number of nitrogens with zero attached hydrogens (tertiary/aromatic N) is 1. The third-order valence-corrected chi connectivity index (χ3v) is 6.83. The van der Waals surface area contributed by atoms with Gasteiger partial charge in [0, 0.05) is 0 Å². The molecule has 2 aliphatic heterocycles. The zero-order chi connectivity index (χ0) is 13.4. The number of allylic oxidation sites excluding steroid dienone is 2. The fourth-order valence-electron chi connectivity index (χ4n) is 4.26. The summed E-state index contributed by atoms with van der Waals surface area (Å²) in [5.41, 5.74) is 0. The van der Waals surface area contributed by atoms with Gasteiger partial charge in [-0.25, -0.2) is 8.42 Å². The molecule has 0 unspecified atom stereocenters. The molecule has 3 fully saturated rings. The van der Waals surface area contributed by atoms with Gasteiger partial charge in [0.15, 0.2) is 9.84 Å². The van der Waals surface area contributed by atoms with Gasteiger partial charge >= 0.3 is 0 Å². The first-order valence-electron chi connectivity index (χ1n) is 6.73. The van der Waals surface area contributed by atoms with Crippen molar-refractivity contribution in [1.82, 2.24) is 4.90 Å². The summed E-state index contributed by atoms with van der Waals surface area (Å²) in [6, 6.07) is -0.421. The molecular weight excluding hydrogens is 266 g/mol. The molecule has 2 aliphatic carbocycles. The molecule has 5 nitrogen and oxygen atoms in total. The van der Waals surface area contributed by atoms with Gasteiger partial charge in [-0.05, 0) is 24.7 Å². The normalized spacial score (nSPS) is 46.3. The molecule has 4 aliphatic rings. The van der Waals surface area contributed by atoms with Gasteiger partial charge in [-0.2, -0.15) is 0 Å². The molecule has 2 bridgehead atoms. The lowest BCUT2D eigenvalue weighted by molar-refractivity contribution is -0.142. The zero-order valence-corrected chi connectivity index (χ0v) is 11.2. The first-order chi connectivity index (χ1) is 8.98. The Balaban J connectivity index is 1.66. The lowest BCUT2D eigenvalue weighted by Gasteiger charge is -2.22. The second-order valence-corrected chi connectivity index (χ2v) is 8.33. The Kier molecular flexibility index (Phi) is 2.13. The van der Waals surface area contributed by atoms with Crippen molar-refractivity contribution in [1.29, 1.82) is 0 Å². The van der Waals surface area contributed by atoms with Crippen molar-refractivity contribution in [2.75, 3.05) is 11.5 Å². The van der Waals surface area contributed by atoms with Crippen molar-refractivity contribution >= 4 is 21.7 Å². The van der Waals surface area contributed by atoms with E-state index in [0.717, 1.165) is 6.42 Å². The summed E-state index contributed by atoms with van der Waals surface area (Å²) < 4.78 is 23.1. The lowest BCUT2D eigenvalue weighted by Crippen LogP contribution is -2.42. The van der Waals surface area contributed by atoms with Crippen LogP contribution in [-0.4, -0.2) is 42.7 Å². The number of likely N-dealkylation sites (tertiary alicyclic amines) is 1. The highest BCUT2D eigenvalue weighted by molar-refractivity contribution is 7.91. The minimum atomic E-state index is -3.08. The number of rotatable bonds is 1. The summed E-state index contributed by atoms with van der Waals surface area (Å²) in [6.45, 7) is 0. The number of carbonyl (C=O) groups excluding carboxylic acids is 2. The van der Waals surface area contributed by atoms with Gasteiger partial charge in [-0.3, -0.25) is 14.5 Å². The number of fused-ring (bicyclic) bond motifs is 5. The molecule has 0 N–H and O–H groups in total. The maximum Gasteiger partial charge on any atom is 0.234 e. The van der Waals surface area contributed by atoms with Gasteiger partial charge in [0.05, 0.1) is 29.4 Å². The fourth-order valence-corrected chi connectivity index (χ4v) is 5.96. The van der Waals surface area contributed by atoms with Crippen LogP contribution in [0.3, 0.4) is 0 Å². The van der Waals surface area contributed by atoms with Crippen molar-refractivity contribution in [3.8, 4) is 0 Å². The van der Waals surface area contributed by atoms with Crippen molar-refractivity contribution < 1.29 is 18.0 Å². The summed E-state index contributed by atoms with van der Waals surface area (Å²) in [7, 11) is -3.08. The molecule has 0 aromatic rings. The Morgan fingerprint density at radius 3 is 2.11 bits per heavy atom. The molecule has 6 heteroatoms. The molecule has 4 rings (SSSR count). The lowest BCUT2D eigenvalue weighted by atomic mass is 9.85. The Morgan fingerprint density at radius 2 is 1.63 bits per heavy atom. The molecule has 2 heterocycles. The van der Waals surface area contributed by atoms with Crippen molar-refractivity contribution in [2.45, 2.75) is 18.9 Å². The average molecular weight is 281 g/mol. The Morgan fingerprint density at radius 1 is 1.05 bits per heavy atom. The Bertz CT molecular complexity index is 578. The van der Waals surface area contributed by atoms with Crippen LogP contribution in [0.4, 0.5) is 0 Å². The summed E-state index contributed by atoms with van der Waals surface area (Å²) in [6.07, 6.45) is 5.41. The molecular formula is C13H15NO4S. The van der Waals surface area contributed by atoms with E-state index < -0.39 is 15.9 Å². The third kappa shape index (κ3) is 1.43. The monoisotopic (exact) mass is 281 g/mol. The van der Waals surface area contributed by atoms with Gasteiger partial charge in [0.2, 0.25) is 11.8 Å². The molecule has 5 atom stereocenters. The Hall–Kier alpha value is -1.17. The number of carbonyl (C=O) groups is 2. The van der Waals surface area contributed by atoms with Crippen LogP contribution in [0, 0.1) is 23.7 Å². The van der Waals surface area contributed by atoms with E-state index in [1.165, 1.54) is 4.90 Å². The van der Waals surface area contributed by atoms with E-state index in [1.807, 2.05) is 12.2 Å². The quantitative estimate of drug-likeness (QED) is 0.500. The van der Waals surface area contributed by atoms with E-state index in [9.17, 15) is 18.0 Å². The SMILES string of the molecule is O=C1[C@@H]2[C@H](C(=O)N1[C@H]1CCS(=O)(=O)C1)[C@H]1C=C[C@H]2C1. The first-order valence-corrected chi connectivity index (χ1v) is 8.56. The van der Waals surface area contributed by atoms with Crippen LogP contribution >= 0.6 is 0 Å². The molecule has 0 aromatic carbocycles. The summed E-state index contributed by atoms with van der Waals surface area (Å²) in [5.74, 6) is -0.273. The fraction of sp³-hybridized carbons (Fsp3) is 0.692. The second-order valence-electron chi connectivity index (χ2n) is 6.10. The van der Waals surface area contributed by atoms with E-state index in [-0.39, 0.29) is 47.0 Å². The maximum atomic E-state index is 12.5. The van der Waals surface area contributed by atoms with Crippen LogP contribution in [0.25, 0.3) is 0 Å². The van der Waals surface area contributed by atoms with E-state index >= 15 is 0 Å². The van der Waals surface area contributed by atoms with Gasteiger partial charge in [-0.15, -0.1) is 0 Å².